The van der Waals surface area contributed by atoms with Crippen molar-refractivity contribution in [3.05, 3.63) is 15.6 Å². The van der Waals surface area contributed by atoms with Crippen LogP contribution in [0.2, 0.25) is 0 Å². The fraction of sp³-hybridized carbons (Fsp3) is 0. The van der Waals surface area contributed by atoms with Crippen LogP contribution in [0.1, 0.15) is 0 Å². The van der Waals surface area contributed by atoms with Crippen LogP contribution in [0.3, 0.4) is 0 Å². The van der Waals surface area contributed by atoms with Gasteiger partial charge in [-0.25, -0.2) is 0 Å². The summed E-state index contributed by atoms with van der Waals surface area (Å²) in [5.41, 5.74) is 8.93. The first-order valence-corrected chi connectivity index (χ1v) is 4.81. The minimum absolute atomic E-state index is 0.116. The normalized spacial score (nSPS) is 11.0. The van der Waals surface area contributed by atoms with Gasteiger partial charge in [0.25, 0.3) is 11.4 Å². The zero-order valence-electron chi connectivity index (χ0n) is 9.29. The van der Waals surface area contributed by atoms with Crippen LogP contribution in [0.5, 0.6) is 0 Å². The average Bonchev–Trinajstić information content (AvgIpc) is 3.01. The largest absolute Gasteiger partial charge is 0.359 e. The first-order chi connectivity index (χ1) is 9.50. The quantitative estimate of drug-likeness (QED) is 0.453. The molecule has 0 fully saturated rings. The molecular formula is C6H4N8O6. The van der Waals surface area contributed by atoms with Gasteiger partial charge in [-0.3, -0.25) is 13.9 Å². The van der Waals surface area contributed by atoms with Crippen LogP contribution in [0.25, 0.3) is 22.8 Å². The molecule has 0 saturated heterocycles. The first kappa shape index (κ1) is 11.5. The standard InChI is InChI=1S/C6H4N8O6/c7-5-3(13(16)19-10-5)1-2(12(15)18-9-1)4-6(8)11-20-14(4)17/h(H2,7,10)(H2,8,11). The Balaban J connectivity index is 2.32. The second kappa shape index (κ2) is 3.70. The molecule has 0 aliphatic carbocycles. The zero-order valence-corrected chi connectivity index (χ0v) is 9.29. The molecule has 0 aliphatic rings. The fourth-order valence-electron chi connectivity index (χ4n) is 1.54. The number of hydrogen-bond donors (Lipinski definition) is 2. The molecule has 0 radical (unpaired) electrons. The lowest BCUT2D eigenvalue weighted by molar-refractivity contribution is -0.817. The van der Waals surface area contributed by atoms with E-state index in [2.05, 4.69) is 29.4 Å². The van der Waals surface area contributed by atoms with Gasteiger partial charge in [0.1, 0.15) is 0 Å². The van der Waals surface area contributed by atoms with E-state index < -0.39 is 28.6 Å². The van der Waals surface area contributed by atoms with Gasteiger partial charge in [-0.1, -0.05) is 0 Å². The van der Waals surface area contributed by atoms with Crippen LogP contribution in [0.15, 0.2) is 13.9 Å². The molecule has 0 saturated carbocycles. The molecule has 3 aromatic rings. The number of hydrogen-bond acceptors (Lipinski definition) is 11. The van der Waals surface area contributed by atoms with Crippen molar-refractivity contribution in [3.63, 3.8) is 0 Å². The number of rotatable bonds is 2. The molecule has 0 atom stereocenters. The summed E-state index contributed by atoms with van der Waals surface area (Å²) in [7, 11) is 0. The molecule has 0 spiro atoms. The summed E-state index contributed by atoms with van der Waals surface area (Å²) in [5.74, 6) is -0.788. The Bertz CT molecular complexity index is 749. The van der Waals surface area contributed by atoms with Crippen LogP contribution in [0.4, 0.5) is 11.6 Å². The van der Waals surface area contributed by atoms with Crippen LogP contribution in [-0.4, -0.2) is 15.5 Å². The van der Waals surface area contributed by atoms with Crippen molar-refractivity contribution in [2.24, 2.45) is 0 Å². The van der Waals surface area contributed by atoms with E-state index >= 15 is 0 Å². The van der Waals surface area contributed by atoms with Gasteiger partial charge in [0.15, 0.2) is 0 Å². The van der Waals surface area contributed by atoms with E-state index in [4.69, 9.17) is 11.5 Å². The molecule has 3 heterocycles. The monoisotopic (exact) mass is 284 g/mol. The second-order valence-electron chi connectivity index (χ2n) is 3.46. The smallest absolute Gasteiger partial charge is 0.317 e. The maximum atomic E-state index is 11.6. The predicted molar refractivity (Wildman–Crippen MR) is 53.2 cm³/mol. The zero-order chi connectivity index (χ0) is 14.4. The molecule has 14 heteroatoms. The van der Waals surface area contributed by atoms with E-state index in [1.807, 2.05) is 0 Å². The van der Waals surface area contributed by atoms with Gasteiger partial charge in [-0.05, 0) is 14.7 Å². The van der Waals surface area contributed by atoms with Gasteiger partial charge >= 0.3 is 23.0 Å². The molecular weight excluding hydrogens is 280 g/mol. The number of nitrogens with two attached hydrogens (primary N) is 2. The lowest BCUT2D eigenvalue weighted by atomic mass is 10.2. The molecule has 14 nitrogen and oxygen atoms in total. The van der Waals surface area contributed by atoms with E-state index in [-0.39, 0.29) is 20.5 Å². The summed E-state index contributed by atoms with van der Waals surface area (Å²) in [4.78, 5) is -0.437. The Kier molecular flexibility index (Phi) is 2.13. The van der Waals surface area contributed by atoms with Crippen molar-refractivity contribution in [1.29, 1.82) is 0 Å². The molecule has 0 amide bonds. The highest BCUT2D eigenvalue weighted by Crippen LogP contribution is 2.28. The maximum absolute atomic E-state index is 11.6. The Morgan fingerprint density at radius 3 is 1.65 bits per heavy atom. The van der Waals surface area contributed by atoms with Crippen LogP contribution in [-0.2, 0) is 0 Å². The Hall–Kier alpha value is -3.58. The Morgan fingerprint density at radius 1 is 0.700 bits per heavy atom. The topological polar surface area (TPSA) is 211 Å². The molecule has 104 valence electrons. The molecule has 0 aliphatic heterocycles. The van der Waals surface area contributed by atoms with Crippen molar-refractivity contribution < 1.29 is 28.6 Å². The summed E-state index contributed by atoms with van der Waals surface area (Å²) in [6, 6.07) is 0. The molecule has 0 unspecified atom stereocenters. The molecule has 4 N–H and O–H groups in total. The van der Waals surface area contributed by atoms with E-state index in [0.29, 0.717) is 0 Å². The van der Waals surface area contributed by atoms with Crippen molar-refractivity contribution in [3.8, 4) is 22.8 Å². The van der Waals surface area contributed by atoms with Gasteiger partial charge in [0.05, 0.1) is 15.5 Å². The van der Waals surface area contributed by atoms with Gasteiger partial charge < -0.3 is 27.1 Å². The molecule has 0 aromatic carbocycles. The summed E-state index contributed by atoms with van der Waals surface area (Å²) in [5, 5.41) is 44.0. The number of nitrogens with zero attached hydrogens (tertiary/aromatic N) is 6. The third-order valence-corrected chi connectivity index (χ3v) is 2.34. The summed E-state index contributed by atoms with van der Waals surface area (Å²) in [6.45, 7) is 0. The van der Waals surface area contributed by atoms with Crippen molar-refractivity contribution >= 4 is 11.6 Å². The lowest BCUT2D eigenvalue weighted by Crippen LogP contribution is -2.34. The molecule has 20 heavy (non-hydrogen) atoms. The SMILES string of the molecule is Nc1no[n+]([O-])c1-c1no[n+]([O-])c1-c1c(N)no[n+]1[O-]. The van der Waals surface area contributed by atoms with Crippen LogP contribution < -0.4 is 26.2 Å². The highest BCUT2D eigenvalue weighted by Gasteiger charge is 2.39. The lowest BCUT2D eigenvalue weighted by Gasteiger charge is -1.94. The van der Waals surface area contributed by atoms with Gasteiger partial charge in [0, 0.05) is 0 Å². The predicted octanol–water partition coefficient (Wildman–Crippen LogP) is -2.95. The fourth-order valence-corrected chi connectivity index (χ4v) is 1.54. The second-order valence-corrected chi connectivity index (χ2v) is 3.46. The summed E-state index contributed by atoms with van der Waals surface area (Å²) >= 11 is 0. The molecule has 3 aromatic heterocycles. The van der Waals surface area contributed by atoms with E-state index in [0.717, 1.165) is 0 Å². The average molecular weight is 284 g/mol. The number of nitrogen functional groups attached to an aromatic ring is 2. The van der Waals surface area contributed by atoms with Crippen molar-refractivity contribution in [2.75, 3.05) is 11.5 Å². The van der Waals surface area contributed by atoms with E-state index in [1.54, 1.807) is 0 Å². The third-order valence-electron chi connectivity index (χ3n) is 2.34. The first-order valence-electron chi connectivity index (χ1n) is 4.81. The minimum atomic E-state index is -0.529. The third kappa shape index (κ3) is 1.38. The van der Waals surface area contributed by atoms with Crippen LogP contribution in [0, 0.1) is 15.6 Å². The highest BCUT2D eigenvalue weighted by atomic mass is 16.8. The van der Waals surface area contributed by atoms with Gasteiger partial charge in [-0.2, -0.15) is 0 Å². The molecule has 0 bridgehead atoms. The van der Waals surface area contributed by atoms with E-state index in [9.17, 15) is 15.6 Å². The minimum Gasteiger partial charge on any atom is -0.359 e. The van der Waals surface area contributed by atoms with Gasteiger partial charge in [0.2, 0.25) is 0 Å². The number of anilines is 2. The maximum Gasteiger partial charge on any atom is 0.317 e. The van der Waals surface area contributed by atoms with Gasteiger partial charge in [-0.15, -0.1) is 0 Å². The summed E-state index contributed by atoms with van der Waals surface area (Å²) < 4.78 is 12.8. The highest BCUT2D eigenvalue weighted by molar-refractivity contribution is 5.77. The van der Waals surface area contributed by atoms with Crippen LogP contribution >= 0.6 is 0 Å². The van der Waals surface area contributed by atoms with E-state index in [1.165, 1.54) is 0 Å². The summed E-state index contributed by atoms with van der Waals surface area (Å²) in [6.07, 6.45) is 0. The Morgan fingerprint density at radius 2 is 1.15 bits per heavy atom. The van der Waals surface area contributed by atoms with Crippen molar-refractivity contribution in [2.45, 2.75) is 0 Å². The molecule has 3 rings (SSSR count). The number of aromatic nitrogens is 6. The Labute approximate surface area is 107 Å². The van der Waals surface area contributed by atoms with Crippen molar-refractivity contribution in [1.82, 2.24) is 15.5 Å².